The molecule has 0 spiro atoms. The molecule has 0 aromatic heterocycles. The molecule has 2 aromatic rings. The van der Waals surface area contributed by atoms with Gasteiger partial charge in [0.15, 0.2) is 0 Å². The van der Waals surface area contributed by atoms with E-state index >= 15 is 0 Å². The van der Waals surface area contributed by atoms with Crippen LogP contribution in [0.3, 0.4) is 0 Å². The Bertz CT molecular complexity index is 649. The Morgan fingerprint density at radius 2 is 1.59 bits per heavy atom. The zero-order valence-corrected chi connectivity index (χ0v) is 12.8. The number of benzene rings is 2. The fraction of sp³-hybridized carbons (Fsp3) is 0.278. The summed E-state index contributed by atoms with van der Waals surface area (Å²) in [6.45, 7) is 5.02. The van der Waals surface area contributed by atoms with Gasteiger partial charge in [-0.25, -0.2) is 4.79 Å². The highest BCUT2D eigenvalue weighted by Gasteiger charge is 2.09. The number of para-hydroxylation sites is 1. The van der Waals surface area contributed by atoms with Crippen molar-refractivity contribution in [2.24, 2.45) is 0 Å². The van der Waals surface area contributed by atoms with Crippen molar-refractivity contribution in [1.82, 2.24) is 0 Å². The van der Waals surface area contributed by atoms with E-state index in [1.165, 1.54) is 11.6 Å². The maximum absolute atomic E-state index is 11.1. The first-order valence-electron chi connectivity index (χ1n) is 7.23. The van der Waals surface area contributed by atoms with E-state index in [1.54, 1.807) is 18.2 Å². The molecule has 0 atom stereocenters. The summed E-state index contributed by atoms with van der Waals surface area (Å²) in [4.78, 5) is 11.1. The Labute approximate surface area is 130 Å². The number of aromatic carboxylic acids is 1. The fourth-order valence-corrected chi connectivity index (χ4v) is 2.07. The van der Waals surface area contributed by atoms with Crippen molar-refractivity contribution >= 4 is 5.97 Å². The molecule has 1 N–H and O–H groups in total. The summed E-state index contributed by atoms with van der Waals surface area (Å²) in [5, 5.41) is 9.07. The molecule has 0 heterocycles. The zero-order valence-electron chi connectivity index (χ0n) is 12.8. The molecule has 0 radical (unpaired) electrons. The monoisotopic (exact) mass is 300 g/mol. The van der Waals surface area contributed by atoms with Gasteiger partial charge in [-0.1, -0.05) is 24.3 Å². The lowest BCUT2D eigenvalue weighted by molar-refractivity contribution is 0.0692. The van der Waals surface area contributed by atoms with Gasteiger partial charge in [-0.2, -0.15) is 0 Å². The molecule has 0 saturated heterocycles. The largest absolute Gasteiger partial charge is 0.493 e. The molecule has 0 aliphatic rings. The SMILES string of the molecule is Cc1cccc(OCCCOc2ccccc2C(=O)O)c1C. The molecule has 22 heavy (non-hydrogen) atoms. The van der Waals surface area contributed by atoms with E-state index in [0.29, 0.717) is 25.4 Å². The van der Waals surface area contributed by atoms with Gasteiger partial charge >= 0.3 is 5.97 Å². The Balaban J connectivity index is 1.81. The predicted octanol–water partition coefficient (Wildman–Crippen LogP) is 3.85. The normalized spacial score (nSPS) is 10.3. The molecule has 0 unspecified atom stereocenters. The quantitative estimate of drug-likeness (QED) is 0.789. The van der Waals surface area contributed by atoms with Crippen LogP contribution < -0.4 is 9.47 Å². The second kappa shape index (κ2) is 7.50. The fourth-order valence-electron chi connectivity index (χ4n) is 2.07. The highest BCUT2D eigenvalue weighted by atomic mass is 16.5. The van der Waals surface area contributed by atoms with E-state index < -0.39 is 5.97 Å². The van der Waals surface area contributed by atoms with Crippen LogP contribution in [-0.4, -0.2) is 24.3 Å². The third-order valence-corrected chi connectivity index (χ3v) is 3.48. The minimum absolute atomic E-state index is 0.179. The van der Waals surface area contributed by atoms with E-state index in [2.05, 4.69) is 0 Å². The number of carbonyl (C=O) groups is 1. The lowest BCUT2D eigenvalue weighted by Gasteiger charge is -2.12. The molecule has 2 rings (SSSR count). The summed E-state index contributed by atoms with van der Waals surface area (Å²) in [6.07, 6.45) is 0.682. The first-order valence-corrected chi connectivity index (χ1v) is 7.23. The standard InChI is InChI=1S/C18H20O4/c1-13-7-5-10-16(14(13)2)21-11-6-12-22-17-9-4-3-8-15(17)18(19)20/h3-5,7-10H,6,11-12H2,1-2H3,(H,19,20). The highest BCUT2D eigenvalue weighted by Crippen LogP contribution is 2.21. The van der Waals surface area contributed by atoms with Gasteiger partial charge in [0.25, 0.3) is 0 Å². The lowest BCUT2D eigenvalue weighted by Crippen LogP contribution is -2.08. The molecular weight excluding hydrogens is 280 g/mol. The van der Waals surface area contributed by atoms with Gasteiger partial charge in [0.2, 0.25) is 0 Å². The number of carboxylic acids is 1. The summed E-state index contributed by atoms with van der Waals surface area (Å²) < 4.78 is 11.3. The zero-order chi connectivity index (χ0) is 15.9. The number of carboxylic acid groups (broad SMARTS) is 1. The molecule has 0 amide bonds. The second-order valence-corrected chi connectivity index (χ2v) is 5.05. The number of rotatable bonds is 7. The molecule has 0 fully saturated rings. The van der Waals surface area contributed by atoms with Gasteiger partial charge in [0.05, 0.1) is 13.2 Å². The van der Waals surface area contributed by atoms with Crippen LogP contribution in [-0.2, 0) is 0 Å². The molecule has 116 valence electrons. The van der Waals surface area contributed by atoms with Crippen molar-refractivity contribution in [3.05, 3.63) is 59.2 Å². The molecule has 4 nitrogen and oxygen atoms in total. The van der Waals surface area contributed by atoms with Crippen LogP contribution in [0.1, 0.15) is 27.9 Å². The van der Waals surface area contributed by atoms with Crippen LogP contribution >= 0.6 is 0 Å². The van der Waals surface area contributed by atoms with Crippen molar-refractivity contribution in [3.63, 3.8) is 0 Å². The van der Waals surface area contributed by atoms with Crippen LogP contribution in [0.15, 0.2) is 42.5 Å². The second-order valence-electron chi connectivity index (χ2n) is 5.05. The van der Waals surface area contributed by atoms with Gasteiger partial charge in [0.1, 0.15) is 17.1 Å². The molecule has 4 heteroatoms. The summed E-state index contributed by atoms with van der Waals surface area (Å²) >= 11 is 0. The van der Waals surface area contributed by atoms with E-state index in [9.17, 15) is 4.79 Å². The number of aryl methyl sites for hydroxylation is 1. The van der Waals surface area contributed by atoms with Gasteiger partial charge in [-0.05, 0) is 43.2 Å². The Morgan fingerprint density at radius 1 is 0.955 bits per heavy atom. The lowest BCUT2D eigenvalue weighted by atomic mass is 10.1. The average Bonchev–Trinajstić information content (AvgIpc) is 2.51. The molecule has 0 aliphatic carbocycles. The van der Waals surface area contributed by atoms with Crippen molar-refractivity contribution in [2.45, 2.75) is 20.3 Å². The van der Waals surface area contributed by atoms with Crippen LogP contribution in [0.4, 0.5) is 0 Å². The van der Waals surface area contributed by atoms with Crippen LogP contribution in [0, 0.1) is 13.8 Å². The molecule has 2 aromatic carbocycles. The predicted molar refractivity (Wildman–Crippen MR) is 84.9 cm³/mol. The van der Waals surface area contributed by atoms with Crippen molar-refractivity contribution < 1.29 is 19.4 Å². The summed E-state index contributed by atoms with van der Waals surface area (Å²) in [6, 6.07) is 12.6. The molecular formula is C18H20O4. The number of ether oxygens (including phenoxy) is 2. The third kappa shape index (κ3) is 4.01. The summed E-state index contributed by atoms with van der Waals surface area (Å²) in [5.41, 5.74) is 2.52. The maximum atomic E-state index is 11.1. The van der Waals surface area contributed by atoms with Crippen LogP contribution in [0.25, 0.3) is 0 Å². The first-order chi connectivity index (χ1) is 10.6. The molecule has 0 bridgehead atoms. The Morgan fingerprint density at radius 3 is 2.32 bits per heavy atom. The van der Waals surface area contributed by atoms with Crippen LogP contribution in [0.5, 0.6) is 11.5 Å². The minimum Gasteiger partial charge on any atom is -0.493 e. The Hall–Kier alpha value is -2.49. The highest BCUT2D eigenvalue weighted by molar-refractivity contribution is 5.90. The minimum atomic E-state index is -0.984. The van der Waals surface area contributed by atoms with Crippen molar-refractivity contribution in [3.8, 4) is 11.5 Å². The van der Waals surface area contributed by atoms with Gasteiger partial charge in [0, 0.05) is 6.42 Å². The maximum Gasteiger partial charge on any atom is 0.339 e. The molecule has 0 saturated carbocycles. The average molecular weight is 300 g/mol. The van der Waals surface area contributed by atoms with E-state index in [-0.39, 0.29) is 5.56 Å². The molecule has 0 aliphatic heterocycles. The summed E-state index contributed by atoms with van der Waals surface area (Å²) in [5.74, 6) is 0.287. The van der Waals surface area contributed by atoms with E-state index in [0.717, 1.165) is 11.3 Å². The topological polar surface area (TPSA) is 55.8 Å². The van der Waals surface area contributed by atoms with Crippen molar-refractivity contribution in [2.75, 3.05) is 13.2 Å². The smallest absolute Gasteiger partial charge is 0.339 e. The first kappa shape index (κ1) is 15.9. The number of hydrogen-bond donors (Lipinski definition) is 1. The van der Waals surface area contributed by atoms with E-state index in [1.807, 2.05) is 32.0 Å². The van der Waals surface area contributed by atoms with E-state index in [4.69, 9.17) is 14.6 Å². The van der Waals surface area contributed by atoms with Gasteiger partial charge in [-0.15, -0.1) is 0 Å². The van der Waals surface area contributed by atoms with Gasteiger partial charge in [-0.3, -0.25) is 0 Å². The number of hydrogen-bond acceptors (Lipinski definition) is 3. The van der Waals surface area contributed by atoms with Gasteiger partial charge < -0.3 is 14.6 Å². The van der Waals surface area contributed by atoms with Crippen molar-refractivity contribution in [1.29, 1.82) is 0 Å². The Kier molecular flexibility index (Phi) is 5.42. The summed E-state index contributed by atoms with van der Waals surface area (Å²) in [7, 11) is 0. The van der Waals surface area contributed by atoms with Crippen LogP contribution in [0.2, 0.25) is 0 Å². The third-order valence-electron chi connectivity index (χ3n) is 3.48.